The summed E-state index contributed by atoms with van der Waals surface area (Å²) in [7, 11) is 0. The van der Waals surface area contributed by atoms with Gasteiger partial charge in [0, 0.05) is 24.7 Å². The number of amides is 1. The van der Waals surface area contributed by atoms with Crippen molar-refractivity contribution < 1.29 is 9.72 Å². The van der Waals surface area contributed by atoms with Crippen molar-refractivity contribution in [3.05, 3.63) is 33.9 Å². The number of aryl methyl sites for hydroxylation is 1. The molecule has 2 heterocycles. The maximum Gasteiger partial charge on any atom is 0.293 e. The molecule has 132 valence electrons. The van der Waals surface area contributed by atoms with Gasteiger partial charge in [0.25, 0.3) is 17.5 Å². The first-order valence-electron chi connectivity index (χ1n) is 8.21. The molecule has 1 aromatic heterocycles. The number of nitrogens with zero attached hydrogens (tertiary/aromatic N) is 6. The molecule has 25 heavy (non-hydrogen) atoms. The number of piperidine rings is 1. The lowest BCUT2D eigenvalue weighted by atomic mass is 10.1. The average molecular weight is 345 g/mol. The summed E-state index contributed by atoms with van der Waals surface area (Å²) < 4.78 is 0. The minimum absolute atomic E-state index is 0.0645. The normalized spacial score (nSPS) is 14.4. The summed E-state index contributed by atoms with van der Waals surface area (Å²) in [6, 6.07) is 4.51. The number of anilines is 2. The Morgan fingerprint density at radius 2 is 2.08 bits per heavy atom. The molecule has 1 N–H and O–H groups in total. The molecule has 1 fully saturated rings. The van der Waals surface area contributed by atoms with Crippen LogP contribution < -0.4 is 10.2 Å². The minimum Gasteiger partial charge on any atom is -0.366 e. The molecule has 0 spiro atoms. The molecule has 0 atom stereocenters. The first-order valence-corrected chi connectivity index (χ1v) is 8.21. The maximum absolute atomic E-state index is 12.3. The standard InChI is InChI=1S/C15H19N7O3/c1-2-21-18-15(17-19-21)16-14(23)11-6-7-12(13(10-11)22(24)25)20-8-4-3-5-9-20/h6-7,10H,2-5,8-9H2,1H3,(H,16,18,23). The lowest BCUT2D eigenvalue weighted by molar-refractivity contribution is -0.384. The molecular weight excluding hydrogens is 326 g/mol. The van der Waals surface area contributed by atoms with E-state index in [1.807, 2.05) is 11.8 Å². The molecule has 2 aromatic rings. The average Bonchev–Trinajstić information content (AvgIpc) is 3.09. The molecule has 0 bridgehead atoms. The van der Waals surface area contributed by atoms with Crippen LogP contribution in [0.5, 0.6) is 0 Å². The van der Waals surface area contributed by atoms with Crippen molar-refractivity contribution in [3.8, 4) is 0 Å². The molecule has 0 saturated carbocycles. The van der Waals surface area contributed by atoms with Crippen LogP contribution in [0.4, 0.5) is 17.3 Å². The van der Waals surface area contributed by atoms with Crippen LogP contribution in [0.15, 0.2) is 18.2 Å². The maximum atomic E-state index is 12.3. The highest BCUT2D eigenvalue weighted by molar-refractivity contribution is 6.04. The minimum atomic E-state index is -0.510. The number of benzene rings is 1. The zero-order valence-corrected chi connectivity index (χ0v) is 13.9. The molecule has 1 aromatic carbocycles. The van der Waals surface area contributed by atoms with Crippen molar-refractivity contribution in [2.24, 2.45) is 0 Å². The zero-order chi connectivity index (χ0) is 17.8. The van der Waals surface area contributed by atoms with Crippen molar-refractivity contribution in [2.45, 2.75) is 32.7 Å². The van der Waals surface area contributed by atoms with E-state index in [0.717, 1.165) is 32.4 Å². The summed E-state index contributed by atoms with van der Waals surface area (Å²) in [5, 5.41) is 25.4. The second-order valence-corrected chi connectivity index (χ2v) is 5.76. The van der Waals surface area contributed by atoms with Crippen molar-refractivity contribution in [2.75, 3.05) is 23.3 Å². The van der Waals surface area contributed by atoms with Crippen molar-refractivity contribution >= 4 is 23.2 Å². The Morgan fingerprint density at radius 3 is 2.72 bits per heavy atom. The van der Waals surface area contributed by atoms with Crippen molar-refractivity contribution in [3.63, 3.8) is 0 Å². The number of aromatic nitrogens is 4. The number of hydrogen-bond acceptors (Lipinski definition) is 7. The Bertz CT molecular complexity index is 783. The second kappa shape index (κ2) is 7.24. The van der Waals surface area contributed by atoms with E-state index in [0.29, 0.717) is 12.2 Å². The van der Waals surface area contributed by atoms with E-state index in [4.69, 9.17) is 0 Å². The largest absolute Gasteiger partial charge is 0.366 e. The van der Waals surface area contributed by atoms with Gasteiger partial charge in [0.15, 0.2) is 0 Å². The summed E-state index contributed by atoms with van der Waals surface area (Å²) in [5.41, 5.74) is 0.663. The van der Waals surface area contributed by atoms with Crippen LogP contribution in [0.2, 0.25) is 0 Å². The number of rotatable bonds is 5. The molecule has 1 amide bonds. The number of tetrazole rings is 1. The van der Waals surface area contributed by atoms with Crippen molar-refractivity contribution in [1.82, 2.24) is 20.2 Å². The Morgan fingerprint density at radius 1 is 1.32 bits per heavy atom. The highest BCUT2D eigenvalue weighted by atomic mass is 16.6. The van der Waals surface area contributed by atoms with Gasteiger partial charge in [-0.05, 0) is 43.5 Å². The number of carbonyl (C=O) groups excluding carboxylic acids is 1. The highest BCUT2D eigenvalue weighted by Crippen LogP contribution is 2.31. The number of nitrogens with one attached hydrogen (secondary N) is 1. The number of nitro benzene ring substituents is 1. The van der Waals surface area contributed by atoms with E-state index >= 15 is 0 Å². The van der Waals surface area contributed by atoms with E-state index in [-0.39, 0.29) is 17.2 Å². The van der Waals surface area contributed by atoms with Crippen LogP contribution in [-0.4, -0.2) is 44.1 Å². The lowest BCUT2D eigenvalue weighted by Gasteiger charge is -2.28. The molecular formula is C15H19N7O3. The Labute approximate surface area is 144 Å². The van der Waals surface area contributed by atoms with Gasteiger partial charge in [0.05, 0.1) is 11.5 Å². The van der Waals surface area contributed by atoms with E-state index in [1.54, 1.807) is 12.1 Å². The van der Waals surface area contributed by atoms with Gasteiger partial charge in [0.1, 0.15) is 5.69 Å². The monoisotopic (exact) mass is 345 g/mol. The smallest absolute Gasteiger partial charge is 0.293 e. The van der Waals surface area contributed by atoms with Gasteiger partial charge in [-0.2, -0.15) is 4.80 Å². The third kappa shape index (κ3) is 3.73. The van der Waals surface area contributed by atoms with Crippen LogP contribution in [0.1, 0.15) is 36.5 Å². The number of carbonyl (C=O) groups is 1. The first kappa shape index (κ1) is 16.8. The first-order chi connectivity index (χ1) is 12.1. The molecule has 3 rings (SSSR count). The Balaban J connectivity index is 1.82. The predicted molar refractivity (Wildman–Crippen MR) is 90.6 cm³/mol. The molecule has 0 radical (unpaired) electrons. The SMILES string of the molecule is CCn1nnc(NC(=O)c2ccc(N3CCCCC3)c([N+](=O)[O-])c2)n1. The summed E-state index contributed by atoms with van der Waals surface area (Å²) in [6.45, 7) is 3.95. The molecule has 1 aliphatic heterocycles. The quantitative estimate of drug-likeness (QED) is 0.648. The molecule has 10 nitrogen and oxygen atoms in total. The van der Waals surface area contributed by atoms with Crippen molar-refractivity contribution in [1.29, 1.82) is 0 Å². The third-order valence-corrected chi connectivity index (χ3v) is 4.09. The van der Waals surface area contributed by atoms with E-state index < -0.39 is 10.8 Å². The third-order valence-electron chi connectivity index (χ3n) is 4.09. The van der Waals surface area contributed by atoms with Gasteiger partial charge in [-0.3, -0.25) is 20.2 Å². The number of hydrogen-bond donors (Lipinski definition) is 1. The molecule has 1 saturated heterocycles. The van der Waals surface area contributed by atoms with Crippen LogP contribution in [0.25, 0.3) is 0 Å². The van der Waals surface area contributed by atoms with Gasteiger partial charge in [-0.25, -0.2) is 0 Å². The summed E-state index contributed by atoms with van der Waals surface area (Å²) in [6.07, 6.45) is 3.16. The van der Waals surface area contributed by atoms with E-state index in [1.165, 1.54) is 10.9 Å². The topological polar surface area (TPSA) is 119 Å². The van der Waals surface area contributed by atoms with Gasteiger partial charge in [-0.1, -0.05) is 5.10 Å². The zero-order valence-electron chi connectivity index (χ0n) is 13.9. The molecule has 1 aliphatic rings. The fraction of sp³-hybridized carbons (Fsp3) is 0.467. The molecule has 10 heteroatoms. The lowest BCUT2D eigenvalue weighted by Crippen LogP contribution is -2.30. The van der Waals surface area contributed by atoms with E-state index in [2.05, 4.69) is 20.7 Å². The number of nitro groups is 1. The molecule has 0 unspecified atom stereocenters. The van der Waals surface area contributed by atoms with Crippen LogP contribution >= 0.6 is 0 Å². The fourth-order valence-corrected chi connectivity index (χ4v) is 2.81. The molecule has 0 aliphatic carbocycles. The second-order valence-electron chi connectivity index (χ2n) is 5.76. The predicted octanol–water partition coefficient (Wildman–Crippen LogP) is 1.84. The fourth-order valence-electron chi connectivity index (χ4n) is 2.81. The summed E-state index contributed by atoms with van der Waals surface area (Å²) in [4.78, 5) is 26.6. The van der Waals surface area contributed by atoms with Gasteiger partial charge < -0.3 is 4.90 Å². The Hall–Kier alpha value is -3.04. The summed E-state index contributed by atoms with van der Waals surface area (Å²) in [5.74, 6) is -0.446. The van der Waals surface area contributed by atoms with E-state index in [9.17, 15) is 14.9 Å². The van der Waals surface area contributed by atoms with Crippen LogP contribution in [0, 0.1) is 10.1 Å². The Kier molecular flexibility index (Phi) is 4.87. The van der Waals surface area contributed by atoms with Gasteiger partial charge in [-0.15, -0.1) is 5.10 Å². The summed E-state index contributed by atoms with van der Waals surface area (Å²) >= 11 is 0. The highest BCUT2D eigenvalue weighted by Gasteiger charge is 2.23. The van der Waals surface area contributed by atoms with Crippen LogP contribution in [-0.2, 0) is 6.54 Å². The van der Waals surface area contributed by atoms with Gasteiger partial charge >= 0.3 is 0 Å². The van der Waals surface area contributed by atoms with Crippen LogP contribution in [0.3, 0.4) is 0 Å². The van der Waals surface area contributed by atoms with Gasteiger partial charge in [0.2, 0.25) is 0 Å².